The highest BCUT2D eigenvalue weighted by atomic mass is 19.1. The Hall–Kier alpha value is -3.55. The van der Waals surface area contributed by atoms with Gasteiger partial charge in [0.1, 0.15) is 29.1 Å². The lowest BCUT2D eigenvalue weighted by molar-refractivity contribution is -0.108. The summed E-state index contributed by atoms with van der Waals surface area (Å²) in [6, 6.07) is 7.30. The van der Waals surface area contributed by atoms with Gasteiger partial charge in [0.25, 0.3) is 11.5 Å². The molecule has 2 N–H and O–H groups in total. The van der Waals surface area contributed by atoms with Crippen LogP contribution < -0.4 is 10.9 Å². The highest BCUT2D eigenvalue weighted by molar-refractivity contribution is 6.02. The summed E-state index contributed by atoms with van der Waals surface area (Å²) in [7, 11) is 0. The number of nitrogens with zero attached hydrogens (tertiary/aromatic N) is 2. The lowest BCUT2D eigenvalue weighted by atomic mass is 9.50. The Balaban J connectivity index is 1.66. The summed E-state index contributed by atoms with van der Waals surface area (Å²) in [5.41, 5.74) is -0.125. The molecule has 0 spiro atoms. The molecule has 0 radical (unpaired) electrons. The number of hydrogen-bond acceptors (Lipinski definition) is 5. The van der Waals surface area contributed by atoms with Crippen molar-refractivity contribution >= 4 is 23.2 Å². The van der Waals surface area contributed by atoms with Gasteiger partial charge >= 0.3 is 0 Å². The van der Waals surface area contributed by atoms with Crippen molar-refractivity contribution < 1.29 is 19.1 Å². The summed E-state index contributed by atoms with van der Waals surface area (Å²) in [6.45, 7) is -0.300. The fraction of sp³-hybridized carbons (Fsp3) is 0.273. The van der Waals surface area contributed by atoms with Crippen LogP contribution in [0, 0.1) is 11.7 Å². The lowest BCUT2D eigenvalue weighted by Crippen LogP contribution is -2.68. The van der Waals surface area contributed by atoms with Gasteiger partial charge in [-0.2, -0.15) is 0 Å². The molecule has 3 fully saturated rings. The number of nitrogens with one attached hydrogen (secondary N) is 1. The molecule has 2 heterocycles. The molecule has 6 rings (SSSR count). The third-order valence-electron chi connectivity index (χ3n) is 6.15. The average molecular weight is 407 g/mol. The topological polar surface area (TPSA) is 101 Å². The predicted molar refractivity (Wildman–Crippen MR) is 107 cm³/mol. The number of carbonyl (C=O) groups is 2. The minimum Gasteiger partial charge on any atom is -0.506 e. The first kappa shape index (κ1) is 18.5. The first-order valence-electron chi connectivity index (χ1n) is 9.68. The molecule has 3 saturated carbocycles. The Morgan fingerprint density at radius 1 is 1.27 bits per heavy atom. The summed E-state index contributed by atoms with van der Waals surface area (Å²) in [6.07, 6.45) is 4.65. The second kappa shape index (κ2) is 6.48. The summed E-state index contributed by atoms with van der Waals surface area (Å²) in [4.78, 5) is 41.2. The second-order valence-corrected chi connectivity index (χ2v) is 8.12. The molecule has 1 amide bonds. The molecule has 30 heavy (non-hydrogen) atoms. The fourth-order valence-corrected chi connectivity index (χ4v) is 4.50. The van der Waals surface area contributed by atoms with Crippen LogP contribution in [0.15, 0.2) is 41.3 Å². The first-order chi connectivity index (χ1) is 14.4. The van der Waals surface area contributed by atoms with Crippen molar-refractivity contribution in [3.8, 4) is 16.9 Å². The Bertz CT molecular complexity index is 1250. The number of carbonyl (C=O) groups excluding carboxylic acids is 2. The van der Waals surface area contributed by atoms with E-state index in [1.54, 1.807) is 18.2 Å². The van der Waals surface area contributed by atoms with E-state index >= 15 is 0 Å². The molecule has 3 aliphatic carbocycles. The SMILES string of the molecule is O=CCn1c(=O)c(C(=O)NC23CC(C2)C3)c(O)c2cc(-c3ccc(F)cc3)cnc21. The summed E-state index contributed by atoms with van der Waals surface area (Å²) < 4.78 is 14.3. The number of hydrogen-bond donors (Lipinski definition) is 2. The fourth-order valence-electron chi connectivity index (χ4n) is 4.50. The van der Waals surface area contributed by atoms with Gasteiger partial charge in [-0.1, -0.05) is 12.1 Å². The highest BCUT2D eigenvalue weighted by Crippen LogP contribution is 2.57. The normalized spacial score (nSPS) is 21.6. The van der Waals surface area contributed by atoms with Gasteiger partial charge in [-0.15, -0.1) is 0 Å². The van der Waals surface area contributed by atoms with Crippen molar-refractivity contribution in [3.63, 3.8) is 0 Å². The Labute approximate surface area is 170 Å². The van der Waals surface area contributed by atoms with E-state index in [1.165, 1.54) is 18.3 Å². The molecule has 0 atom stereocenters. The van der Waals surface area contributed by atoms with E-state index in [0.717, 1.165) is 23.8 Å². The van der Waals surface area contributed by atoms with Crippen LogP contribution in [0.25, 0.3) is 22.2 Å². The third-order valence-corrected chi connectivity index (χ3v) is 6.15. The highest BCUT2D eigenvalue weighted by Gasteiger charge is 2.57. The lowest BCUT2D eigenvalue weighted by Gasteiger charge is -2.61. The van der Waals surface area contributed by atoms with E-state index in [2.05, 4.69) is 10.3 Å². The van der Waals surface area contributed by atoms with Crippen molar-refractivity contribution in [2.75, 3.05) is 0 Å². The van der Waals surface area contributed by atoms with Crippen molar-refractivity contribution in [3.05, 3.63) is 58.3 Å². The monoisotopic (exact) mass is 407 g/mol. The molecule has 2 bridgehead atoms. The maximum absolute atomic E-state index is 13.2. The molecule has 8 heteroatoms. The van der Waals surface area contributed by atoms with Crippen LogP contribution in [0.2, 0.25) is 0 Å². The number of halogens is 1. The number of aromatic nitrogens is 2. The van der Waals surface area contributed by atoms with Crippen molar-refractivity contribution in [2.24, 2.45) is 5.92 Å². The smallest absolute Gasteiger partial charge is 0.269 e. The number of pyridine rings is 2. The Morgan fingerprint density at radius 2 is 1.97 bits per heavy atom. The Morgan fingerprint density at radius 3 is 2.57 bits per heavy atom. The van der Waals surface area contributed by atoms with E-state index in [1.807, 2.05) is 0 Å². The molecule has 0 aliphatic heterocycles. The third kappa shape index (κ3) is 2.71. The summed E-state index contributed by atoms with van der Waals surface area (Å²) >= 11 is 0. The van der Waals surface area contributed by atoms with E-state index in [9.17, 15) is 23.9 Å². The van der Waals surface area contributed by atoms with Gasteiger partial charge in [0.2, 0.25) is 0 Å². The molecular formula is C22H18FN3O4. The van der Waals surface area contributed by atoms with Crippen LogP contribution in [-0.4, -0.2) is 32.4 Å². The number of aromatic hydroxyl groups is 1. The Kier molecular flexibility index (Phi) is 3.99. The van der Waals surface area contributed by atoms with Crippen molar-refractivity contribution in [1.29, 1.82) is 0 Å². The van der Waals surface area contributed by atoms with Crippen LogP contribution in [0.4, 0.5) is 4.39 Å². The number of fused-ring (bicyclic) bond motifs is 1. The van der Waals surface area contributed by atoms with E-state index in [0.29, 0.717) is 23.3 Å². The van der Waals surface area contributed by atoms with Gasteiger partial charge in [-0.05, 0) is 48.9 Å². The number of benzene rings is 1. The maximum atomic E-state index is 13.2. The molecular weight excluding hydrogens is 389 g/mol. The van der Waals surface area contributed by atoms with Crippen LogP contribution in [0.3, 0.4) is 0 Å². The van der Waals surface area contributed by atoms with Crippen molar-refractivity contribution in [2.45, 2.75) is 31.3 Å². The average Bonchev–Trinajstić information content (AvgIpc) is 2.67. The zero-order chi connectivity index (χ0) is 21.0. The standard InChI is InChI=1S/C22H18FN3O4/c23-15-3-1-13(2-4-15)14-7-16-18(28)17(20(29)25-22-8-12(9-22)10-22)21(30)26(5-6-27)19(16)24-11-14/h1-4,6-7,11-12,28H,5,8-10H2,(H,25,29). The van der Waals surface area contributed by atoms with Gasteiger partial charge in [0.05, 0.1) is 11.9 Å². The molecule has 152 valence electrons. The first-order valence-corrected chi connectivity index (χ1v) is 9.68. The van der Waals surface area contributed by atoms with Gasteiger partial charge in [0, 0.05) is 17.3 Å². The van der Waals surface area contributed by atoms with E-state index < -0.39 is 22.8 Å². The van der Waals surface area contributed by atoms with E-state index in [4.69, 9.17) is 0 Å². The van der Waals surface area contributed by atoms with Gasteiger partial charge in [-0.25, -0.2) is 9.37 Å². The van der Waals surface area contributed by atoms with Crippen LogP contribution in [0.5, 0.6) is 5.75 Å². The minimum atomic E-state index is -0.766. The molecule has 1 aromatic carbocycles. The minimum absolute atomic E-state index is 0.0949. The number of amides is 1. The van der Waals surface area contributed by atoms with Crippen LogP contribution >= 0.6 is 0 Å². The second-order valence-electron chi connectivity index (χ2n) is 8.12. The molecule has 3 aromatic rings. The quantitative estimate of drug-likeness (QED) is 0.633. The van der Waals surface area contributed by atoms with Gasteiger partial charge in [0.15, 0.2) is 0 Å². The molecule has 0 unspecified atom stereocenters. The largest absolute Gasteiger partial charge is 0.506 e. The molecule has 2 aromatic heterocycles. The predicted octanol–water partition coefficient (Wildman–Crippen LogP) is 2.39. The maximum Gasteiger partial charge on any atom is 0.269 e. The van der Waals surface area contributed by atoms with Crippen molar-refractivity contribution in [1.82, 2.24) is 14.9 Å². The number of aldehydes is 1. The van der Waals surface area contributed by atoms with Crippen LogP contribution in [-0.2, 0) is 11.3 Å². The number of rotatable bonds is 5. The summed E-state index contributed by atoms with van der Waals surface area (Å²) in [5.74, 6) is -0.880. The zero-order valence-electron chi connectivity index (χ0n) is 15.9. The van der Waals surface area contributed by atoms with Crippen LogP contribution in [0.1, 0.15) is 29.6 Å². The van der Waals surface area contributed by atoms with E-state index in [-0.39, 0.29) is 28.9 Å². The van der Waals surface area contributed by atoms with Gasteiger partial charge in [-0.3, -0.25) is 14.2 Å². The summed E-state index contributed by atoms with van der Waals surface area (Å²) in [5, 5.41) is 13.9. The molecule has 0 saturated heterocycles. The zero-order valence-corrected chi connectivity index (χ0v) is 15.9. The molecule has 3 aliphatic rings. The van der Waals surface area contributed by atoms with Gasteiger partial charge < -0.3 is 15.2 Å². The molecule has 7 nitrogen and oxygen atoms in total.